The molecule has 1 aromatic heterocycles. The molecule has 19 heavy (non-hydrogen) atoms. The molecule has 0 bridgehead atoms. The summed E-state index contributed by atoms with van der Waals surface area (Å²) in [4.78, 5) is 16.4. The van der Waals surface area contributed by atoms with E-state index in [9.17, 15) is 4.79 Å². The first-order chi connectivity index (χ1) is 9.01. The van der Waals surface area contributed by atoms with E-state index in [-0.39, 0.29) is 5.56 Å². The molecule has 1 aromatic carbocycles. The van der Waals surface area contributed by atoms with E-state index in [1.54, 1.807) is 17.4 Å². The first-order valence-corrected chi connectivity index (χ1v) is 6.45. The number of aromatic carboxylic acids is 1. The van der Waals surface area contributed by atoms with Crippen LogP contribution < -0.4 is 10.1 Å². The molecule has 100 valence electrons. The third-order valence-electron chi connectivity index (χ3n) is 2.72. The van der Waals surface area contributed by atoms with Gasteiger partial charge < -0.3 is 15.2 Å². The van der Waals surface area contributed by atoms with Gasteiger partial charge in [-0.25, -0.2) is 9.78 Å². The smallest absolute Gasteiger partial charge is 0.335 e. The van der Waals surface area contributed by atoms with Gasteiger partial charge in [0, 0.05) is 4.88 Å². The van der Waals surface area contributed by atoms with Gasteiger partial charge in [0.05, 0.1) is 24.1 Å². The van der Waals surface area contributed by atoms with Crippen LogP contribution in [0.1, 0.15) is 20.9 Å². The molecule has 1 heterocycles. The lowest BCUT2D eigenvalue weighted by atomic mass is 10.2. The fraction of sp³-hybridized carbons (Fsp3) is 0.231. The molecule has 0 fully saturated rings. The van der Waals surface area contributed by atoms with E-state index in [1.165, 1.54) is 19.2 Å². The Bertz CT molecular complexity index is 603. The first-order valence-electron chi connectivity index (χ1n) is 5.63. The summed E-state index contributed by atoms with van der Waals surface area (Å²) >= 11 is 1.54. The van der Waals surface area contributed by atoms with E-state index < -0.39 is 5.97 Å². The maximum Gasteiger partial charge on any atom is 0.335 e. The highest BCUT2D eigenvalue weighted by atomic mass is 32.1. The van der Waals surface area contributed by atoms with Gasteiger partial charge in [-0.1, -0.05) is 0 Å². The average molecular weight is 278 g/mol. The van der Waals surface area contributed by atoms with E-state index >= 15 is 0 Å². The number of aromatic nitrogens is 1. The van der Waals surface area contributed by atoms with Gasteiger partial charge >= 0.3 is 5.97 Å². The largest absolute Gasteiger partial charge is 0.495 e. The normalized spacial score (nSPS) is 10.3. The summed E-state index contributed by atoms with van der Waals surface area (Å²) in [6.45, 7) is 3.95. The van der Waals surface area contributed by atoms with Crippen molar-refractivity contribution >= 4 is 28.1 Å². The molecule has 0 atom stereocenters. The monoisotopic (exact) mass is 278 g/mol. The Morgan fingerprint density at radius 3 is 2.68 bits per heavy atom. The maximum absolute atomic E-state index is 10.9. The molecule has 0 saturated carbocycles. The van der Waals surface area contributed by atoms with Crippen LogP contribution in [0.5, 0.6) is 5.75 Å². The Hall–Kier alpha value is -2.08. The number of aryl methyl sites for hydroxylation is 2. The summed E-state index contributed by atoms with van der Waals surface area (Å²) in [5, 5.41) is 12.8. The minimum absolute atomic E-state index is 0.189. The van der Waals surface area contributed by atoms with Crippen LogP contribution in [-0.2, 0) is 0 Å². The number of carbonyl (C=O) groups is 1. The molecule has 6 heteroatoms. The van der Waals surface area contributed by atoms with E-state index in [2.05, 4.69) is 10.3 Å². The number of nitrogens with zero attached hydrogens (tertiary/aromatic N) is 1. The van der Waals surface area contributed by atoms with Crippen LogP contribution in [0.25, 0.3) is 0 Å². The van der Waals surface area contributed by atoms with E-state index in [4.69, 9.17) is 9.84 Å². The Kier molecular flexibility index (Phi) is 3.71. The zero-order valence-electron chi connectivity index (χ0n) is 10.9. The topological polar surface area (TPSA) is 71.5 Å². The van der Waals surface area contributed by atoms with E-state index in [1.807, 2.05) is 13.8 Å². The number of methoxy groups -OCH3 is 1. The molecule has 0 unspecified atom stereocenters. The molecule has 0 aliphatic rings. The second-order valence-electron chi connectivity index (χ2n) is 4.01. The number of carboxylic acids is 1. The minimum Gasteiger partial charge on any atom is -0.495 e. The number of hydrogen-bond acceptors (Lipinski definition) is 5. The van der Waals surface area contributed by atoms with E-state index in [0.717, 1.165) is 15.7 Å². The lowest BCUT2D eigenvalue weighted by Gasteiger charge is -2.09. The molecule has 2 rings (SSSR count). The van der Waals surface area contributed by atoms with Gasteiger partial charge in [-0.2, -0.15) is 0 Å². The summed E-state index contributed by atoms with van der Waals surface area (Å²) in [5.41, 5.74) is 1.86. The van der Waals surface area contributed by atoms with Crippen molar-refractivity contribution in [3.63, 3.8) is 0 Å². The van der Waals surface area contributed by atoms with Crippen molar-refractivity contribution in [3.05, 3.63) is 34.3 Å². The highest BCUT2D eigenvalue weighted by Gasteiger charge is 2.11. The minimum atomic E-state index is -0.981. The molecule has 0 spiro atoms. The lowest BCUT2D eigenvalue weighted by Crippen LogP contribution is -2.00. The molecule has 0 radical (unpaired) electrons. The summed E-state index contributed by atoms with van der Waals surface area (Å²) in [6.07, 6.45) is 0. The zero-order chi connectivity index (χ0) is 14.0. The standard InChI is InChI=1S/C13H14N2O3S/c1-7-8(2)19-13(14-7)15-10-5-4-9(12(16)17)6-11(10)18-3/h4-6H,1-3H3,(H,14,15)(H,16,17). The van der Waals surface area contributed by atoms with Crippen LogP contribution in [0.3, 0.4) is 0 Å². The highest BCUT2D eigenvalue weighted by molar-refractivity contribution is 7.15. The molecule has 0 aliphatic carbocycles. The summed E-state index contributed by atoms with van der Waals surface area (Å²) < 4.78 is 5.20. The SMILES string of the molecule is COc1cc(C(=O)O)ccc1Nc1nc(C)c(C)s1. The number of nitrogens with one attached hydrogen (secondary N) is 1. The van der Waals surface area contributed by atoms with Crippen molar-refractivity contribution in [2.24, 2.45) is 0 Å². The van der Waals surface area contributed by atoms with Crippen molar-refractivity contribution in [2.75, 3.05) is 12.4 Å². The number of rotatable bonds is 4. The van der Waals surface area contributed by atoms with Crippen LogP contribution in [0.2, 0.25) is 0 Å². The summed E-state index contributed by atoms with van der Waals surface area (Å²) in [6, 6.07) is 4.69. The number of thiazole rings is 1. The third-order valence-corrected chi connectivity index (χ3v) is 3.71. The van der Waals surface area contributed by atoms with Gasteiger partial charge in [-0.3, -0.25) is 0 Å². The third kappa shape index (κ3) is 2.85. The van der Waals surface area contributed by atoms with Crippen LogP contribution in [0, 0.1) is 13.8 Å². The first kappa shape index (κ1) is 13.4. The summed E-state index contributed by atoms with van der Waals surface area (Å²) in [5.74, 6) is -0.504. The molecule has 0 amide bonds. The molecule has 0 saturated heterocycles. The molecular weight excluding hydrogens is 264 g/mol. The Balaban J connectivity index is 2.31. The number of carboxylic acid groups (broad SMARTS) is 1. The number of hydrogen-bond donors (Lipinski definition) is 2. The Morgan fingerprint density at radius 1 is 1.42 bits per heavy atom. The molecule has 2 aromatic rings. The Morgan fingerprint density at radius 2 is 2.16 bits per heavy atom. The molecule has 2 N–H and O–H groups in total. The zero-order valence-corrected chi connectivity index (χ0v) is 11.7. The fourth-order valence-electron chi connectivity index (χ4n) is 1.57. The van der Waals surface area contributed by atoms with Gasteiger partial charge in [0.15, 0.2) is 5.13 Å². The van der Waals surface area contributed by atoms with Gasteiger partial charge in [0.2, 0.25) is 0 Å². The Labute approximate surface area is 114 Å². The van der Waals surface area contributed by atoms with E-state index in [0.29, 0.717) is 11.4 Å². The molecule has 0 aliphatic heterocycles. The van der Waals surface area contributed by atoms with Crippen molar-refractivity contribution in [1.29, 1.82) is 0 Å². The molecular formula is C13H14N2O3S. The predicted molar refractivity (Wildman–Crippen MR) is 74.8 cm³/mol. The fourth-order valence-corrected chi connectivity index (χ4v) is 2.40. The van der Waals surface area contributed by atoms with Crippen molar-refractivity contribution in [3.8, 4) is 5.75 Å². The van der Waals surface area contributed by atoms with Crippen molar-refractivity contribution in [1.82, 2.24) is 4.98 Å². The van der Waals surface area contributed by atoms with Gasteiger partial charge in [0.25, 0.3) is 0 Å². The summed E-state index contributed by atoms with van der Waals surface area (Å²) in [7, 11) is 1.50. The van der Waals surface area contributed by atoms with Crippen molar-refractivity contribution < 1.29 is 14.6 Å². The second kappa shape index (κ2) is 5.27. The van der Waals surface area contributed by atoms with Crippen LogP contribution in [0.4, 0.5) is 10.8 Å². The number of anilines is 2. The molecule has 5 nitrogen and oxygen atoms in total. The number of benzene rings is 1. The number of ether oxygens (including phenoxy) is 1. The quantitative estimate of drug-likeness (QED) is 0.898. The highest BCUT2D eigenvalue weighted by Crippen LogP contribution is 2.31. The lowest BCUT2D eigenvalue weighted by molar-refractivity contribution is 0.0696. The van der Waals surface area contributed by atoms with Crippen LogP contribution in [-0.4, -0.2) is 23.2 Å². The average Bonchev–Trinajstić information content (AvgIpc) is 2.68. The van der Waals surface area contributed by atoms with Gasteiger partial charge in [-0.05, 0) is 32.0 Å². The maximum atomic E-state index is 10.9. The predicted octanol–water partition coefficient (Wildman–Crippen LogP) is 3.21. The van der Waals surface area contributed by atoms with Gasteiger partial charge in [0.1, 0.15) is 5.75 Å². The van der Waals surface area contributed by atoms with Crippen LogP contribution in [0.15, 0.2) is 18.2 Å². The van der Waals surface area contributed by atoms with Gasteiger partial charge in [-0.15, -0.1) is 11.3 Å². The second-order valence-corrected chi connectivity index (χ2v) is 5.21. The van der Waals surface area contributed by atoms with Crippen LogP contribution >= 0.6 is 11.3 Å². The van der Waals surface area contributed by atoms with Crippen molar-refractivity contribution in [2.45, 2.75) is 13.8 Å².